The quantitative estimate of drug-likeness (QED) is 0.0536. The van der Waals surface area contributed by atoms with Gasteiger partial charge in [-0.05, 0) is 30.6 Å². The van der Waals surface area contributed by atoms with E-state index in [1.807, 2.05) is 0 Å². The summed E-state index contributed by atoms with van der Waals surface area (Å²) in [5, 5.41) is 39.5. The standard InChI is InChI=1S/C28H39N11O9/c1-17(18-5-3-2-4-6-18)30-25(40)16-48-12-11-47-10-9-46-8-7-29-26(41)19-13-22(36-33-19)31-27(42)20-14-23(37-34-20)32-28(43)21-15-24(38-35-21)39(44)45/h13-15,17-18H,2-12,16H2,1H3,(H,29,41)(H,30,40)(H,35,38)(H2,31,33,36,42)(H2,32,34,37,43)/t17-/m1/s1. The van der Waals surface area contributed by atoms with E-state index in [9.17, 15) is 29.3 Å². The van der Waals surface area contributed by atoms with Gasteiger partial charge in [-0.25, -0.2) is 0 Å². The van der Waals surface area contributed by atoms with Gasteiger partial charge in [0.2, 0.25) is 5.91 Å². The topological polar surface area (TPSA) is 273 Å². The predicted molar refractivity (Wildman–Crippen MR) is 167 cm³/mol. The van der Waals surface area contributed by atoms with Gasteiger partial charge in [0.25, 0.3) is 17.7 Å². The maximum Gasteiger partial charge on any atom is 0.343 e. The van der Waals surface area contributed by atoms with Crippen molar-refractivity contribution >= 4 is 41.1 Å². The summed E-state index contributed by atoms with van der Waals surface area (Å²) in [6.07, 6.45) is 6.06. The second-order valence-electron chi connectivity index (χ2n) is 10.9. The highest BCUT2D eigenvalue weighted by Gasteiger charge is 2.22. The van der Waals surface area contributed by atoms with E-state index in [-0.39, 0.29) is 67.0 Å². The van der Waals surface area contributed by atoms with Crippen LogP contribution < -0.4 is 21.3 Å². The molecule has 0 spiro atoms. The molecule has 20 nitrogen and oxygen atoms in total. The molecule has 4 amide bonds. The van der Waals surface area contributed by atoms with Crippen LogP contribution in [0.25, 0.3) is 0 Å². The van der Waals surface area contributed by atoms with E-state index in [2.05, 4.69) is 58.8 Å². The van der Waals surface area contributed by atoms with Crippen LogP contribution in [0.2, 0.25) is 0 Å². The molecular formula is C28H39N11O9. The Labute approximate surface area is 274 Å². The summed E-state index contributed by atoms with van der Waals surface area (Å²) in [6, 6.07) is 3.67. The molecule has 1 aliphatic carbocycles. The fourth-order valence-corrected chi connectivity index (χ4v) is 4.87. The molecule has 4 rings (SSSR count). The van der Waals surface area contributed by atoms with Crippen molar-refractivity contribution in [2.24, 2.45) is 5.92 Å². The molecule has 0 aromatic carbocycles. The van der Waals surface area contributed by atoms with Crippen molar-refractivity contribution in [1.29, 1.82) is 0 Å². The average molecular weight is 674 g/mol. The Kier molecular flexibility index (Phi) is 13.5. The zero-order chi connectivity index (χ0) is 34.3. The summed E-state index contributed by atoms with van der Waals surface area (Å²) >= 11 is 0. The molecule has 1 fully saturated rings. The minimum absolute atomic E-state index is 0.000855. The van der Waals surface area contributed by atoms with Gasteiger partial charge >= 0.3 is 5.82 Å². The van der Waals surface area contributed by atoms with Gasteiger partial charge in [0.1, 0.15) is 18.0 Å². The number of nitrogens with zero attached hydrogens (tertiary/aromatic N) is 4. The molecule has 0 radical (unpaired) electrons. The van der Waals surface area contributed by atoms with E-state index < -0.39 is 28.5 Å². The third-order valence-corrected chi connectivity index (χ3v) is 7.38. The molecule has 0 aliphatic heterocycles. The van der Waals surface area contributed by atoms with E-state index in [4.69, 9.17) is 14.2 Å². The Morgan fingerprint density at radius 1 is 0.833 bits per heavy atom. The first-order valence-electron chi connectivity index (χ1n) is 15.4. The van der Waals surface area contributed by atoms with Crippen molar-refractivity contribution in [3.05, 3.63) is 45.4 Å². The molecule has 260 valence electrons. The van der Waals surface area contributed by atoms with Gasteiger partial charge in [-0.2, -0.15) is 10.2 Å². The summed E-state index contributed by atoms with van der Waals surface area (Å²) in [4.78, 5) is 59.2. The van der Waals surface area contributed by atoms with Crippen LogP contribution in [-0.2, 0) is 19.0 Å². The fraction of sp³-hybridized carbons (Fsp3) is 0.536. The van der Waals surface area contributed by atoms with Crippen molar-refractivity contribution < 1.29 is 38.3 Å². The number of H-pyrrole nitrogens is 3. The van der Waals surface area contributed by atoms with Crippen LogP contribution in [0.15, 0.2) is 18.2 Å². The van der Waals surface area contributed by atoms with E-state index in [1.165, 1.54) is 31.4 Å². The number of nitro groups is 1. The summed E-state index contributed by atoms with van der Waals surface area (Å²) in [6.45, 7) is 3.74. The average Bonchev–Trinajstić information content (AvgIpc) is 3.86. The van der Waals surface area contributed by atoms with Crippen molar-refractivity contribution in [2.75, 3.05) is 56.8 Å². The maximum atomic E-state index is 12.5. The smallest absolute Gasteiger partial charge is 0.343 e. The molecule has 0 saturated heterocycles. The van der Waals surface area contributed by atoms with Crippen LogP contribution in [0.5, 0.6) is 0 Å². The number of ether oxygens (including phenoxy) is 3. The second-order valence-corrected chi connectivity index (χ2v) is 10.9. The lowest BCUT2D eigenvalue weighted by Gasteiger charge is -2.28. The Morgan fingerprint density at radius 2 is 1.44 bits per heavy atom. The highest BCUT2D eigenvalue weighted by Crippen LogP contribution is 2.26. The van der Waals surface area contributed by atoms with E-state index in [1.54, 1.807) is 0 Å². The van der Waals surface area contributed by atoms with Crippen molar-refractivity contribution in [1.82, 2.24) is 41.2 Å². The predicted octanol–water partition coefficient (Wildman–Crippen LogP) is 1.13. The lowest BCUT2D eigenvalue weighted by molar-refractivity contribution is -0.389. The van der Waals surface area contributed by atoms with Crippen molar-refractivity contribution in [3.63, 3.8) is 0 Å². The zero-order valence-corrected chi connectivity index (χ0v) is 26.3. The number of anilines is 2. The number of hydrogen-bond acceptors (Lipinski definition) is 12. The summed E-state index contributed by atoms with van der Waals surface area (Å²) in [5.41, 5.74) is -0.187. The summed E-state index contributed by atoms with van der Waals surface area (Å²) < 4.78 is 16.3. The Hall–Kier alpha value is -5.21. The maximum absolute atomic E-state index is 12.5. The third-order valence-electron chi connectivity index (χ3n) is 7.38. The molecule has 20 heteroatoms. The van der Waals surface area contributed by atoms with Gasteiger partial charge in [0.15, 0.2) is 17.3 Å². The molecule has 3 heterocycles. The van der Waals surface area contributed by atoms with Crippen LogP contribution in [0.1, 0.15) is 70.5 Å². The third kappa shape index (κ3) is 11.2. The minimum atomic E-state index is -0.780. The molecular weight excluding hydrogens is 634 g/mol. The van der Waals surface area contributed by atoms with Gasteiger partial charge in [-0.1, -0.05) is 24.4 Å². The molecule has 7 N–H and O–H groups in total. The number of aromatic amines is 3. The zero-order valence-electron chi connectivity index (χ0n) is 26.3. The SMILES string of the molecule is C[C@@H](NC(=O)COCCOCCOCCNC(=O)c1cc(NC(=O)c2cc(NC(=O)c3cc([N+](=O)[O-])[nH]n3)n[nH]2)n[nH]1)C1CCCCC1. The molecule has 3 aromatic heterocycles. The highest BCUT2D eigenvalue weighted by molar-refractivity contribution is 6.05. The normalized spacial score (nSPS) is 13.9. The Bertz CT molecular complexity index is 1530. The molecule has 0 bridgehead atoms. The molecule has 3 aromatic rings. The summed E-state index contributed by atoms with van der Waals surface area (Å²) in [5.74, 6) is -1.92. The molecule has 1 aliphatic rings. The number of carbonyl (C=O) groups excluding carboxylic acids is 4. The Morgan fingerprint density at radius 3 is 2.08 bits per heavy atom. The van der Waals surface area contributed by atoms with Crippen LogP contribution in [0.3, 0.4) is 0 Å². The largest absolute Gasteiger partial charge is 0.377 e. The van der Waals surface area contributed by atoms with Gasteiger partial charge in [-0.15, -0.1) is 5.10 Å². The van der Waals surface area contributed by atoms with Gasteiger partial charge < -0.3 is 45.6 Å². The van der Waals surface area contributed by atoms with Crippen LogP contribution in [0, 0.1) is 16.0 Å². The monoisotopic (exact) mass is 673 g/mol. The van der Waals surface area contributed by atoms with Crippen LogP contribution in [-0.4, -0.2) is 111 Å². The van der Waals surface area contributed by atoms with Crippen LogP contribution in [0.4, 0.5) is 17.5 Å². The van der Waals surface area contributed by atoms with E-state index in [0.717, 1.165) is 18.9 Å². The van der Waals surface area contributed by atoms with Crippen molar-refractivity contribution in [3.8, 4) is 0 Å². The number of carbonyl (C=O) groups is 4. The first-order chi connectivity index (χ1) is 23.2. The molecule has 1 atom stereocenters. The molecule has 48 heavy (non-hydrogen) atoms. The Balaban J connectivity index is 1.02. The number of nitrogens with one attached hydrogen (secondary N) is 7. The highest BCUT2D eigenvalue weighted by atomic mass is 16.6. The van der Waals surface area contributed by atoms with E-state index >= 15 is 0 Å². The number of hydrogen-bond donors (Lipinski definition) is 7. The first kappa shape index (κ1) is 35.6. The van der Waals surface area contributed by atoms with Gasteiger partial charge in [0, 0.05) is 24.7 Å². The van der Waals surface area contributed by atoms with Crippen molar-refractivity contribution in [2.45, 2.75) is 45.1 Å². The number of rotatable bonds is 19. The minimum Gasteiger partial charge on any atom is -0.377 e. The lowest BCUT2D eigenvalue weighted by Crippen LogP contribution is -2.40. The second kappa shape index (κ2) is 18.2. The van der Waals surface area contributed by atoms with Gasteiger partial charge in [0.05, 0.1) is 39.1 Å². The fourth-order valence-electron chi connectivity index (χ4n) is 4.87. The molecule has 0 unspecified atom stereocenters. The van der Waals surface area contributed by atoms with Gasteiger partial charge in [-0.3, -0.25) is 29.4 Å². The van der Waals surface area contributed by atoms with E-state index in [0.29, 0.717) is 25.7 Å². The number of amides is 4. The lowest BCUT2D eigenvalue weighted by atomic mass is 9.84. The summed E-state index contributed by atoms with van der Waals surface area (Å²) in [7, 11) is 0. The number of aromatic nitrogens is 6. The van der Waals surface area contributed by atoms with Crippen LogP contribution >= 0.6 is 0 Å². The molecule has 1 saturated carbocycles. The first-order valence-corrected chi connectivity index (χ1v) is 15.4.